The lowest BCUT2D eigenvalue weighted by atomic mass is 10.0. The average molecular weight is 256 g/mol. The summed E-state index contributed by atoms with van der Waals surface area (Å²) in [6, 6.07) is 0. The van der Waals surface area contributed by atoms with E-state index >= 15 is 0 Å². The van der Waals surface area contributed by atoms with Gasteiger partial charge in [0.1, 0.15) is 18.8 Å². The van der Waals surface area contributed by atoms with Crippen LogP contribution in [0.3, 0.4) is 0 Å². The van der Waals surface area contributed by atoms with Crippen LogP contribution in [0.4, 0.5) is 0 Å². The predicted molar refractivity (Wildman–Crippen MR) is 69.0 cm³/mol. The normalized spacial score (nSPS) is 31.4. The van der Waals surface area contributed by atoms with E-state index in [-0.39, 0.29) is 18.8 Å². The number of rotatable bonds is 8. The second-order valence-corrected chi connectivity index (χ2v) is 4.60. The second kappa shape index (κ2) is 8.49. The molecule has 0 bridgehead atoms. The minimum absolute atomic E-state index is 0.129. The van der Waals surface area contributed by atoms with E-state index in [1.54, 1.807) is 0 Å². The number of aliphatic hydroxyl groups excluding tert-OH is 1. The molecule has 1 aliphatic rings. The molecule has 0 aliphatic carbocycles. The van der Waals surface area contributed by atoms with Crippen LogP contribution < -0.4 is 0 Å². The molecule has 1 fully saturated rings. The van der Waals surface area contributed by atoms with Gasteiger partial charge in [0, 0.05) is 7.11 Å². The second-order valence-electron chi connectivity index (χ2n) is 4.60. The van der Waals surface area contributed by atoms with Gasteiger partial charge < -0.3 is 19.3 Å². The fourth-order valence-corrected chi connectivity index (χ4v) is 2.25. The van der Waals surface area contributed by atoms with Gasteiger partial charge in [-0.2, -0.15) is 0 Å². The molecule has 4 atom stereocenters. The number of terminal acetylenes is 1. The van der Waals surface area contributed by atoms with Gasteiger partial charge in [-0.1, -0.05) is 38.5 Å². The molecule has 0 radical (unpaired) electrons. The first kappa shape index (κ1) is 15.5. The molecule has 1 heterocycles. The number of aliphatic hydroxyl groups is 1. The van der Waals surface area contributed by atoms with Gasteiger partial charge in [-0.25, -0.2) is 0 Å². The van der Waals surface area contributed by atoms with E-state index in [2.05, 4.69) is 12.8 Å². The fourth-order valence-electron chi connectivity index (χ4n) is 2.25. The number of methoxy groups -OCH3 is 1. The quantitative estimate of drug-likeness (QED) is 0.530. The third-order valence-corrected chi connectivity index (χ3v) is 3.22. The topological polar surface area (TPSA) is 47.9 Å². The molecule has 0 amide bonds. The lowest BCUT2D eigenvalue weighted by molar-refractivity contribution is -0.149. The first-order valence-corrected chi connectivity index (χ1v) is 6.66. The lowest BCUT2D eigenvalue weighted by Crippen LogP contribution is -2.36. The Morgan fingerprint density at radius 3 is 2.72 bits per heavy atom. The first-order chi connectivity index (χ1) is 8.74. The molecule has 1 N–H and O–H groups in total. The Kier molecular flexibility index (Phi) is 7.29. The van der Waals surface area contributed by atoms with Crippen LogP contribution in [0.5, 0.6) is 0 Å². The van der Waals surface area contributed by atoms with Crippen LogP contribution in [0.15, 0.2) is 0 Å². The molecule has 0 unspecified atom stereocenters. The van der Waals surface area contributed by atoms with E-state index in [9.17, 15) is 5.11 Å². The molecular weight excluding hydrogens is 232 g/mol. The molecule has 1 rings (SSSR count). The third-order valence-electron chi connectivity index (χ3n) is 3.22. The van der Waals surface area contributed by atoms with E-state index in [4.69, 9.17) is 20.6 Å². The molecule has 0 aromatic carbocycles. The molecule has 104 valence electrons. The Morgan fingerprint density at radius 1 is 1.33 bits per heavy atom. The summed E-state index contributed by atoms with van der Waals surface area (Å²) in [4.78, 5) is 0. The molecule has 0 spiro atoms. The number of ether oxygens (including phenoxy) is 3. The van der Waals surface area contributed by atoms with Crippen molar-refractivity contribution in [1.29, 1.82) is 0 Å². The van der Waals surface area contributed by atoms with Crippen molar-refractivity contribution in [3.8, 4) is 12.3 Å². The van der Waals surface area contributed by atoms with Crippen LogP contribution in [-0.2, 0) is 14.2 Å². The number of hydrogen-bond acceptors (Lipinski definition) is 4. The fraction of sp³-hybridized carbons (Fsp3) is 0.857. The van der Waals surface area contributed by atoms with Crippen molar-refractivity contribution >= 4 is 0 Å². The summed E-state index contributed by atoms with van der Waals surface area (Å²) in [6.45, 7) is 2.36. The van der Waals surface area contributed by atoms with Crippen molar-refractivity contribution in [3.05, 3.63) is 0 Å². The smallest absolute Gasteiger partial charge is 0.186 e. The van der Waals surface area contributed by atoms with E-state index in [1.807, 2.05) is 0 Å². The lowest BCUT2D eigenvalue weighted by Gasteiger charge is -2.19. The zero-order valence-electron chi connectivity index (χ0n) is 11.3. The Hall–Kier alpha value is -0.600. The SMILES string of the molecule is C#CCO[C@@H]1[C@@H](O)[C@H](OC)O[C@@H]1CCCCCC. The van der Waals surface area contributed by atoms with E-state index < -0.39 is 12.4 Å². The summed E-state index contributed by atoms with van der Waals surface area (Å²) in [5.41, 5.74) is 0. The Bertz CT molecular complexity index is 261. The van der Waals surface area contributed by atoms with Gasteiger partial charge in [-0.05, 0) is 6.42 Å². The monoisotopic (exact) mass is 256 g/mol. The summed E-state index contributed by atoms with van der Waals surface area (Å²) >= 11 is 0. The highest BCUT2D eigenvalue weighted by molar-refractivity contribution is 4.91. The molecule has 4 nitrogen and oxygen atoms in total. The van der Waals surface area contributed by atoms with Crippen LogP contribution in [0.25, 0.3) is 0 Å². The van der Waals surface area contributed by atoms with Gasteiger partial charge in [0.05, 0.1) is 6.10 Å². The minimum Gasteiger partial charge on any atom is -0.385 e. The maximum absolute atomic E-state index is 10.0. The van der Waals surface area contributed by atoms with Crippen molar-refractivity contribution in [2.45, 2.75) is 63.6 Å². The Balaban J connectivity index is 2.43. The highest BCUT2D eigenvalue weighted by Crippen LogP contribution is 2.28. The van der Waals surface area contributed by atoms with Crippen LogP contribution in [0, 0.1) is 12.3 Å². The molecule has 0 saturated carbocycles. The third kappa shape index (κ3) is 4.25. The molecule has 0 aromatic rings. The van der Waals surface area contributed by atoms with Crippen molar-refractivity contribution < 1.29 is 19.3 Å². The van der Waals surface area contributed by atoms with Gasteiger partial charge in [-0.3, -0.25) is 0 Å². The zero-order chi connectivity index (χ0) is 13.4. The molecule has 1 aliphatic heterocycles. The molecule has 0 aromatic heterocycles. The molecular formula is C14H24O4. The predicted octanol–water partition coefficient (Wildman–Crippen LogP) is 1.71. The van der Waals surface area contributed by atoms with Crippen molar-refractivity contribution in [3.63, 3.8) is 0 Å². The summed E-state index contributed by atoms with van der Waals surface area (Å²) in [5, 5.41) is 10.0. The zero-order valence-corrected chi connectivity index (χ0v) is 11.3. The minimum atomic E-state index is -0.764. The largest absolute Gasteiger partial charge is 0.385 e. The van der Waals surface area contributed by atoms with Crippen LogP contribution >= 0.6 is 0 Å². The summed E-state index contributed by atoms with van der Waals surface area (Å²) in [5.74, 6) is 2.42. The van der Waals surface area contributed by atoms with Gasteiger partial charge in [0.25, 0.3) is 0 Å². The summed E-state index contributed by atoms with van der Waals surface area (Å²) in [6.07, 6.45) is 8.82. The van der Waals surface area contributed by atoms with E-state index in [1.165, 1.54) is 26.4 Å². The maximum atomic E-state index is 10.0. The standard InChI is InChI=1S/C14H24O4/c1-4-6-7-8-9-11-13(17-10-5-2)12(15)14(16-3)18-11/h2,11-15H,4,6-10H2,1,3H3/t11-,12-,13+,14-/m1/s1. The average Bonchev–Trinajstić information content (AvgIpc) is 2.68. The molecule has 18 heavy (non-hydrogen) atoms. The van der Waals surface area contributed by atoms with E-state index in [0.717, 1.165) is 12.8 Å². The first-order valence-electron chi connectivity index (χ1n) is 6.66. The van der Waals surface area contributed by atoms with Gasteiger partial charge in [0.15, 0.2) is 6.29 Å². The van der Waals surface area contributed by atoms with Crippen LogP contribution in [0.2, 0.25) is 0 Å². The number of unbranched alkanes of at least 4 members (excludes halogenated alkanes) is 3. The summed E-state index contributed by atoms with van der Waals surface area (Å²) < 4.78 is 16.2. The van der Waals surface area contributed by atoms with Gasteiger partial charge >= 0.3 is 0 Å². The summed E-state index contributed by atoms with van der Waals surface area (Å²) in [7, 11) is 1.52. The van der Waals surface area contributed by atoms with Gasteiger partial charge in [-0.15, -0.1) is 6.42 Å². The number of hydrogen-bond donors (Lipinski definition) is 1. The molecule has 1 saturated heterocycles. The Labute approximate surface area is 110 Å². The van der Waals surface area contributed by atoms with Gasteiger partial charge in [0.2, 0.25) is 0 Å². The van der Waals surface area contributed by atoms with E-state index in [0.29, 0.717) is 0 Å². The highest BCUT2D eigenvalue weighted by atomic mass is 16.7. The van der Waals surface area contributed by atoms with Crippen molar-refractivity contribution in [2.24, 2.45) is 0 Å². The van der Waals surface area contributed by atoms with Crippen LogP contribution in [0.1, 0.15) is 39.0 Å². The van der Waals surface area contributed by atoms with Crippen molar-refractivity contribution in [2.75, 3.05) is 13.7 Å². The molecule has 4 heteroatoms. The maximum Gasteiger partial charge on any atom is 0.186 e. The highest BCUT2D eigenvalue weighted by Gasteiger charge is 2.44. The van der Waals surface area contributed by atoms with Crippen molar-refractivity contribution in [1.82, 2.24) is 0 Å². The Morgan fingerprint density at radius 2 is 2.11 bits per heavy atom. The van der Waals surface area contributed by atoms with Crippen LogP contribution in [-0.4, -0.2) is 43.4 Å².